The number of aromatic nitrogens is 1. The average molecular weight is 244 g/mol. The molecule has 1 aromatic carbocycles. The van der Waals surface area contributed by atoms with Crippen molar-refractivity contribution in [2.75, 3.05) is 11.9 Å². The van der Waals surface area contributed by atoms with Gasteiger partial charge in [-0.15, -0.1) is 0 Å². The summed E-state index contributed by atoms with van der Waals surface area (Å²) >= 11 is 0. The van der Waals surface area contributed by atoms with Crippen molar-refractivity contribution >= 4 is 17.3 Å². The van der Waals surface area contributed by atoms with Crippen LogP contribution in [0.25, 0.3) is 0 Å². The number of nitrogens with two attached hydrogens (primary N) is 1. The molecule has 2 aromatic rings. The summed E-state index contributed by atoms with van der Waals surface area (Å²) in [5, 5.41) is 7.40. The Morgan fingerprint density at radius 2 is 2.11 bits per heavy atom. The second-order valence-corrected chi connectivity index (χ2v) is 3.86. The maximum absolute atomic E-state index is 12.8. The zero-order chi connectivity index (χ0) is 13.1. The molecule has 0 fully saturated rings. The van der Waals surface area contributed by atoms with Crippen LogP contribution in [0.2, 0.25) is 0 Å². The van der Waals surface area contributed by atoms with Crippen LogP contribution in [0.3, 0.4) is 0 Å². The standard InChI is InChI=1S/C13H13FN4/c1-18(12-6-5-10(14)8-17-12)11-4-2-3-9(7-11)13(15)16/h2-8H,1H3,(H3,15,16). The van der Waals surface area contributed by atoms with Gasteiger partial charge in [-0.25, -0.2) is 9.37 Å². The molecule has 92 valence electrons. The summed E-state index contributed by atoms with van der Waals surface area (Å²) in [6.07, 6.45) is 1.17. The van der Waals surface area contributed by atoms with Crippen LogP contribution in [0.15, 0.2) is 42.6 Å². The number of hydrogen-bond acceptors (Lipinski definition) is 3. The van der Waals surface area contributed by atoms with Gasteiger partial charge in [-0.05, 0) is 24.3 Å². The van der Waals surface area contributed by atoms with E-state index in [1.165, 1.54) is 12.3 Å². The first-order valence-corrected chi connectivity index (χ1v) is 5.37. The molecule has 0 aliphatic rings. The number of pyridine rings is 1. The largest absolute Gasteiger partial charge is 0.384 e. The minimum absolute atomic E-state index is 0.0114. The van der Waals surface area contributed by atoms with Crippen molar-refractivity contribution in [2.45, 2.75) is 0 Å². The third-order valence-corrected chi connectivity index (χ3v) is 2.60. The van der Waals surface area contributed by atoms with Gasteiger partial charge in [0.25, 0.3) is 0 Å². The maximum atomic E-state index is 12.8. The van der Waals surface area contributed by atoms with Gasteiger partial charge in [0.15, 0.2) is 0 Å². The summed E-state index contributed by atoms with van der Waals surface area (Å²) in [7, 11) is 1.82. The number of halogens is 1. The quantitative estimate of drug-likeness (QED) is 0.643. The zero-order valence-electron chi connectivity index (χ0n) is 9.89. The summed E-state index contributed by atoms with van der Waals surface area (Å²) in [6, 6.07) is 10.2. The van der Waals surface area contributed by atoms with E-state index >= 15 is 0 Å². The van der Waals surface area contributed by atoms with E-state index in [2.05, 4.69) is 4.98 Å². The van der Waals surface area contributed by atoms with Crippen LogP contribution in [-0.2, 0) is 0 Å². The molecule has 1 heterocycles. The van der Waals surface area contributed by atoms with Gasteiger partial charge >= 0.3 is 0 Å². The molecular weight excluding hydrogens is 231 g/mol. The molecule has 0 amide bonds. The number of nitrogens with zero attached hydrogens (tertiary/aromatic N) is 2. The first-order valence-electron chi connectivity index (χ1n) is 5.37. The van der Waals surface area contributed by atoms with Crippen LogP contribution in [0.5, 0.6) is 0 Å². The molecule has 0 aliphatic heterocycles. The monoisotopic (exact) mass is 244 g/mol. The Morgan fingerprint density at radius 3 is 2.72 bits per heavy atom. The molecule has 0 radical (unpaired) electrons. The van der Waals surface area contributed by atoms with Gasteiger partial charge in [0, 0.05) is 18.3 Å². The second kappa shape index (κ2) is 4.83. The fourth-order valence-electron chi connectivity index (χ4n) is 1.58. The smallest absolute Gasteiger partial charge is 0.141 e. The van der Waals surface area contributed by atoms with Crippen molar-refractivity contribution < 1.29 is 4.39 Å². The lowest BCUT2D eigenvalue weighted by Gasteiger charge is -2.18. The summed E-state index contributed by atoms with van der Waals surface area (Å²) in [5.74, 6) is 0.263. The first kappa shape index (κ1) is 12.0. The van der Waals surface area contributed by atoms with Crippen molar-refractivity contribution in [1.82, 2.24) is 4.98 Å². The highest BCUT2D eigenvalue weighted by molar-refractivity contribution is 5.95. The van der Waals surface area contributed by atoms with Gasteiger partial charge in [0.05, 0.1) is 6.20 Å². The Morgan fingerprint density at radius 1 is 1.33 bits per heavy atom. The van der Waals surface area contributed by atoms with Crippen LogP contribution in [0.4, 0.5) is 15.9 Å². The molecule has 5 heteroatoms. The first-order chi connectivity index (χ1) is 8.58. The van der Waals surface area contributed by atoms with Crippen molar-refractivity contribution in [2.24, 2.45) is 5.73 Å². The molecule has 2 rings (SSSR count). The number of rotatable bonds is 3. The van der Waals surface area contributed by atoms with E-state index in [4.69, 9.17) is 11.1 Å². The highest BCUT2D eigenvalue weighted by Gasteiger charge is 2.06. The minimum atomic E-state index is -0.371. The Kier molecular flexibility index (Phi) is 3.23. The van der Waals surface area contributed by atoms with Gasteiger partial charge in [-0.1, -0.05) is 12.1 Å². The third kappa shape index (κ3) is 2.45. The van der Waals surface area contributed by atoms with Gasteiger partial charge in [0.1, 0.15) is 17.5 Å². The molecule has 0 spiro atoms. The van der Waals surface area contributed by atoms with Crippen LogP contribution in [-0.4, -0.2) is 17.9 Å². The molecule has 0 aliphatic carbocycles. The lowest BCUT2D eigenvalue weighted by atomic mass is 10.2. The van der Waals surface area contributed by atoms with E-state index in [1.807, 2.05) is 19.2 Å². The molecule has 0 saturated carbocycles. The topological polar surface area (TPSA) is 66.0 Å². The molecule has 4 nitrogen and oxygen atoms in total. The van der Waals surface area contributed by atoms with Crippen LogP contribution < -0.4 is 10.6 Å². The lowest BCUT2D eigenvalue weighted by Crippen LogP contribution is -2.14. The summed E-state index contributed by atoms with van der Waals surface area (Å²) in [5.41, 5.74) is 6.92. The number of anilines is 2. The van der Waals surface area contributed by atoms with E-state index in [0.717, 1.165) is 5.69 Å². The predicted molar refractivity (Wildman–Crippen MR) is 69.7 cm³/mol. The lowest BCUT2D eigenvalue weighted by molar-refractivity contribution is 0.621. The highest BCUT2D eigenvalue weighted by atomic mass is 19.1. The Labute approximate surface area is 104 Å². The van der Waals surface area contributed by atoms with E-state index in [-0.39, 0.29) is 11.7 Å². The molecule has 0 saturated heterocycles. The van der Waals surface area contributed by atoms with E-state index in [9.17, 15) is 4.39 Å². The van der Waals surface area contributed by atoms with Gasteiger partial charge in [0.2, 0.25) is 0 Å². The number of nitrogen functional groups attached to an aromatic ring is 1. The molecule has 18 heavy (non-hydrogen) atoms. The van der Waals surface area contributed by atoms with Crippen molar-refractivity contribution in [3.05, 3.63) is 54.0 Å². The predicted octanol–water partition coefficient (Wildman–Crippen LogP) is 2.27. The number of amidine groups is 1. The van der Waals surface area contributed by atoms with Gasteiger partial charge in [-0.3, -0.25) is 5.41 Å². The summed E-state index contributed by atoms with van der Waals surface area (Å²) < 4.78 is 12.8. The highest BCUT2D eigenvalue weighted by Crippen LogP contribution is 2.22. The molecule has 0 atom stereocenters. The van der Waals surface area contributed by atoms with Crippen molar-refractivity contribution in [3.8, 4) is 0 Å². The van der Waals surface area contributed by atoms with Crippen LogP contribution >= 0.6 is 0 Å². The minimum Gasteiger partial charge on any atom is -0.384 e. The Bertz CT molecular complexity index is 565. The SMILES string of the molecule is CN(c1cccc(C(=N)N)c1)c1ccc(F)cn1. The number of hydrogen-bond donors (Lipinski definition) is 2. The number of benzene rings is 1. The maximum Gasteiger partial charge on any atom is 0.141 e. The van der Waals surface area contributed by atoms with Gasteiger partial charge in [-0.2, -0.15) is 0 Å². The third-order valence-electron chi connectivity index (χ3n) is 2.60. The Balaban J connectivity index is 2.33. The van der Waals surface area contributed by atoms with Crippen molar-refractivity contribution in [1.29, 1.82) is 5.41 Å². The van der Waals surface area contributed by atoms with Gasteiger partial charge < -0.3 is 10.6 Å². The van der Waals surface area contributed by atoms with Crippen molar-refractivity contribution in [3.63, 3.8) is 0 Å². The van der Waals surface area contributed by atoms with Crippen LogP contribution in [0.1, 0.15) is 5.56 Å². The summed E-state index contributed by atoms with van der Waals surface area (Å²) in [4.78, 5) is 5.79. The Hall–Kier alpha value is -2.43. The fourth-order valence-corrected chi connectivity index (χ4v) is 1.58. The normalized spacial score (nSPS) is 10.1. The zero-order valence-corrected chi connectivity index (χ0v) is 9.89. The molecule has 3 N–H and O–H groups in total. The summed E-state index contributed by atoms with van der Waals surface area (Å²) in [6.45, 7) is 0. The molecule has 0 bridgehead atoms. The van der Waals surface area contributed by atoms with E-state index in [0.29, 0.717) is 11.4 Å². The average Bonchev–Trinajstić information content (AvgIpc) is 2.39. The fraction of sp³-hybridized carbons (Fsp3) is 0.0769. The second-order valence-electron chi connectivity index (χ2n) is 3.86. The molecule has 0 unspecified atom stereocenters. The van der Waals surface area contributed by atoms with Crippen LogP contribution in [0, 0.1) is 11.2 Å². The van der Waals surface area contributed by atoms with E-state index < -0.39 is 0 Å². The molecular formula is C13H13FN4. The molecule has 1 aromatic heterocycles. The van der Waals surface area contributed by atoms with E-state index in [1.54, 1.807) is 23.1 Å². The number of nitrogens with one attached hydrogen (secondary N) is 1.